The van der Waals surface area contributed by atoms with Crippen LogP contribution in [0.5, 0.6) is 0 Å². The van der Waals surface area contributed by atoms with E-state index in [1.54, 1.807) is 6.08 Å². The zero-order valence-electron chi connectivity index (χ0n) is 7.25. The zero-order chi connectivity index (χ0) is 8.97. The van der Waals surface area contributed by atoms with Gasteiger partial charge in [-0.1, -0.05) is 30.9 Å². The molecule has 0 heterocycles. The fourth-order valence-electron chi connectivity index (χ4n) is 1.06. The van der Waals surface area contributed by atoms with Crippen molar-refractivity contribution in [2.45, 2.75) is 6.92 Å². The molecule has 1 aromatic rings. The van der Waals surface area contributed by atoms with Gasteiger partial charge in [-0.25, -0.2) is 0 Å². The van der Waals surface area contributed by atoms with Crippen LogP contribution in [0.4, 0.5) is 5.69 Å². The van der Waals surface area contributed by atoms with Crippen LogP contribution >= 0.6 is 0 Å². The van der Waals surface area contributed by atoms with E-state index in [2.05, 4.69) is 6.58 Å². The van der Waals surface area contributed by atoms with Crippen LogP contribution in [0.15, 0.2) is 36.9 Å². The van der Waals surface area contributed by atoms with Crippen LogP contribution in [-0.2, 0) is 0 Å². The minimum atomic E-state index is 0.809. The molecule has 0 amide bonds. The van der Waals surface area contributed by atoms with Gasteiger partial charge in [-0.2, -0.15) is 0 Å². The lowest BCUT2D eigenvalue weighted by Crippen LogP contribution is -1.87. The van der Waals surface area contributed by atoms with Gasteiger partial charge in [0.05, 0.1) is 0 Å². The topological polar surface area (TPSA) is 26.0 Å². The third kappa shape index (κ3) is 1.99. The molecule has 0 saturated heterocycles. The van der Waals surface area contributed by atoms with Crippen molar-refractivity contribution >= 4 is 11.8 Å². The predicted octanol–water partition coefficient (Wildman–Crippen LogP) is 2.78. The highest BCUT2D eigenvalue weighted by Crippen LogP contribution is 2.13. The summed E-state index contributed by atoms with van der Waals surface area (Å²) in [4.78, 5) is 0. The minimum Gasteiger partial charge on any atom is -0.399 e. The van der Waals surface area contributed by atoms with E-state index >= 15 is 0 Å². The van der Waals surface area contributed by atoms with E-state index < -0.39 is 0 Å². The van der Waals surface area contributed by atoms with Gasteiger partial charge in [0.1, 0.15) is 0 Å². The number of benzene rings is 1. The second-order valence-electron chi connectivity index (χ2n) is 2.71. The second kappa shape index (κ2) is 3.77. The van der Waals surface area contributed by atoms with Gasteiger partial charge in [-0.3, -0.25) is 0 Å². The summed E-state index contributed by atoms with van der Waals surface area (Å²) in [5.41, 5.74) is 8.79. The summed E-state index contributed by atoms with van der Waals surface area (Å²) in [7, 11) is 0. The van der Waals surface area contributed by atoms with Crippen molar-refractivity contribution in [3.63, 3.8) is 0 Å². The molecule has 62 valence electrons. The Kier molecular flexibility index (Phi) is 2.70. The number of hydrogen-bond donors (Lipinski definition) is 1. The summed E-state index contributed by atoms with van der Waals surface area (Å²) in [6, 6.07) is 5.86. The predicted molar refractivity (Wildman–Crippen MR) is 54.8 cm³/mol. The van der Waals surface area contributed by atoms with Crippen LogP contribution in [0.1, 0.15) is 11.1 Å². The van der Waals surface area contributed by atoms with Gasteiger partial charge in [0.25, 0.3) is 0 Å². The number of aryl methyl sites for hydroxylation is 1. The molecule has 0 aliphatic carbocycles. The molecule has 1 aromatic carbocycles. The first-order valence-electron chi connectivity index (χ1n) is 3.89. The zero-order valence-corrected chi connectivity index (χ0v) is 7.25. The first-order chi connectivity index (χ1) is 5.74. The summed E-state index contributed by atoms with van der Waals surface area (Å²) in [6.07, 6.45) is 5.69. The van der Waals surface area contributed by atoms with Crippen LogP contribution in [0, 0.1) is 6.92 Å². The molecule has 2 N–H and O–H groups in total. The van der Waals surface area contributed by atoms with Crippen LogP contribution < -0.4 is 5.73 Å². The third-order valence-electron chi connectivity index (χ3n) is 1.71. The smallest absolute Gasteiger partial charge is 0.0317 e. The number of rotatable bonds is 2. The van der Waals surface area contributed by atoms with E-state index in [1.807, 2.05) is 37.3 Å². The Bertz CT molecular complexity index is 311. The van der Waals surface area contributed by atoms with Gasteiger partial charge >= 0.3 is 0 Å². The molecule has 0 aromatic heterocycles. The van der Waals surface area contributed by atoms with Gasteiger partial charge in [-0.05, 0) is 30.2 Å². The molecule has 0 unspecified atom stereocenters. The SMILES string of the molecule is C=C/C=C\c1ccc(N)cc1C. The van der Waals surface area contributed by atoms with Gasteiger partial charge in [0.2, 0.25) is 0 Å². The highest BCUT2D eigenvalue weighted by molar-refractivity contribution is 5.58. The van der Waals surface area contributed by atoms with E-state index in [9.17, 15) is 0 Å². The van der Waals surface area contributed by atoms with E-state index in [1.165, 1.54) is 11.1 Å². The Hall–Kier alpha value is -1.50. The van der Waals surface area contributed by atoms with E-state index in [0.717, 1.165) is 5.69 Å². The minimum absolute atomic E-state index is 0.809. The van der Waals surface area contributed by atoms with E-state index in [-0.39, 0.29) is 0 Å². The lowest BCUT2D eigenvalue weighted by atomic mass is 10.1. The highest BCUT2D eigenvalue weighted by atomic mass is 14.5. The van der Waals surface area contributed by atoms with Crippen LogP contribution in [-0.4, -0.2) is 0 Å². The molecule has 0 bridgehead atoms. The quantitative estimate of drug-likeness (QED) is 0.521. The normalized spacial score (nSPS) is 10.4. The maximum Gasteiger partial charge on any atom is 0.0317 e. The van der Waals surface area contributed by atoms with Gasteiger partial charge in [0.15, 0.2) is 0 Å². The Morgan fingerprint density at radius 3 is 2.75 bits per heavy atom. The number of allylic oxidation sites excluding steroid dienone is 2. The first kappa shape index (κ1) is 8.60. The van der Waals surface area contributed by atoms with E-state index in [4.69, 9.17) is 5.73 Å². The molecule has 1 nitrogen and oxygen atoms in total. The summed E-state index contributed by atoms with van der Waals surface area (Å²) < 4.78 is 0. The fraction of sp³-hybridized carbons (Fsp3) is 0.0909. The van der Waals surface area contributed by atoms with Gasteiger partial charge in [-0.15, -0.1) is 0 Å². The second-order valence-corrected chi connectivity index (χ2v) is 2.71. The van der Waals surface area contributed by atoms with Crippen molar-refractivity contribution in [1.82, 2.24) is 0 Å². The number of nitrogen functional groups attached to an aromatic ring is 1. The van der Waals surface area contributed by atoms with Crippen molar-refractivity contribution < 1.29 is 0 Å². The maximum atomic E-state index is 5.61. The maximum absolute atomic E-state index is 5.61. The molecular weight excluding hydrogens is 146 g/mol. The van der Waals surface area contributed by atoms with Crippen molar-refractivity contribution in [2.24, 2.45) is 0 Å². The lowest BCUT2D eigenvalue weighted by molar-refractivity contribution is 1.44. The molecule has 0 fully saturated rings. The molecular formula is C11H13N. The van der Waals surface area contributed by atoms with Gasteiger partial charge < -0.3 is 5.73 Å². The molecule has 0 saturated carbocycles. The van der Waals surface area contributed by atoms with Crippen molar-refractivity contribution in [2.75, 3.05) is 5.73 Å². The Morgan fingerprint density at radius 1 is 1.42 bits per heavy atom. The average molecular weight is 159 g/mol. The monoisotopic (exact) mass is 159 g/mol. The molecule has 0 aliphatic rings. The summed E-state index contributed by atoms with van der Waals surface area (Å²) in [5, 5.41) is 0. The molecule has 1 rings (SSSR count). The summed E-state index contributed by atoms with van der Waals surface area (Å²) >= 11 is 0. The van der Waals surface area contributed by atoms with Crippen LogP contribution in [0.2, 0.25) is 0 Å². The average Bonchev–Trinajstić information content (AvgIpc) is 2.03. The van der Waals surface area contributed by atoms with Crippen molar-refractivity contribution in [3.8, 4) is 0 Å². The van der Waals surface area contributed by atoms with Crippen molar-refractivity contribution in [1.29, 1.82) is 0 Å². The van der Waals surface area contributed by atoms with Gasteiger partial charge in [0, 0.05) is 5.69 Å². The largest absolute Gasteiger partial charge is 0.399 e. The molecule has 0 aliphatic heterocycles. The van der Waals surface area contributed by atoms with Crippen LogP contribution in [0.3, 0.4) is 0 Å². The third-order valence-corrected chi connectivity index (χ3v) is 1.71. The summed E-state index contributed by atoms with van der Waals surface area (Å²) in [6.45, 7) is 5.65. The molecule has 1 heteroatoms. The fourth-order valence-corrected chi connectivity index (χ4v) is 1.06. The Labute approximate surface area is 73.2 Å². The number of anilines is 1. The van der Waals surface area contributed by atoms with E-state index in [0.29, 0.717) is 0 Å². The number of nitrogens with two attached hydrogens (primary N) is 1. The molecule has 12 heavy (non-hydrogen) atoms. The molecule has 0 spiro atoms. The summed E-state index contributed by atoms with van der Waals surface area (Å²) in [5.74, 6) is 0. The van der Waals surface area contributed by atoms with Crippen LogP contribution in [0.25, 0.3) is 6.08 Å². The standard InChI is InChI=1S/C11H13N/c1-3-4-5-10-6-7-11(12)8-9(10)2/h3-8H,1,12H2,2H3/b5-4-. The first-order valence-corrected chi connectivity index (χ1v) is 3.89. The number of hydrogen-bond acceptors (Lipinski definition) is 1. The highest BCUT2D eigenvalue weighted by Gasteiger charge is 1.92. The molecule has 0 atom stereocenters. The molecule has 0 radical (unpaired) electrons. The lowest BCUT2D eigenvalue weighted by Gasteiger charge is -2.00. The Balaban J connectivity index is 3.01. The van der Waals surface area contributed by atoms with Crippen molar-refractivity contribution in [3.05, 3.63) is 48.1 Å². The Morgan fingerprint density at radius 2 is 2.17 bits per heavy atom.